The zero-order valence-corrected chi connectivity index (χ0v) is 10.2. The van der Waals surface area contributed by atoms with E-state index in [2.05, 4.69) is 0 Å². The summed E-state index contributed by atoms with van der Waals surface area (Å²) >= 11 is 7.64. The molecule has 0 spiro atoms. The van der Waals surface area contributed by atoms with Gasteiger partial charge in [-0.05, 0) is 30.4 Å². The van der Waals surface area contributed by atoms with Crippen LogP contribution in [0.15, 0.2) is 23.1 Å². The van der Waals surface area contributed by atoms with E-state index < -0.39 is 11.9 Å². The first kappa shape index (κ1) is 12.4. The highest BCUT2D eigenvalue weighted by Gasteiger charge is 2.15. The van der Waals surface area contributed by atoms with Crippen LogP contribution in [0.5, 0.6) is 0 Å². The number of hydrogen-bond donors (Lipinski definition) is 1. The number of benzene rings is 1. The van der Waals surface area contributed by atoms with Crippen LogP contribution >= 0.6 is 23.4 Å². The second kappa shape index (κ2) is 5.42. The van der Waals surface area contributed by atoms with Crippen molar-refractivity contribution in [3.8, 4) is 0 Å². The van der Waals surface area contributed by atoms with E-state index in [1.54, 1.807) is 24.8 Å². The summed E-state index contributed by atoms with van der Waals surface area (Å²) < 4.78 is 0. The highest BCUT2D eigenvalue weighted by molar-refractivity contribution is 7.98. The van der Waals surface area contributed by atoms with Crippen LogP contribution in [0.2, 0.25) is 5.02 Å². The second-order valence-corrected chi connectivity index (χ2v) is 4.62. The molecule has 0 saturated carbocycles. The highest BCUT2D eigenvalue weighted by Crippen LogP contribution is 2.29. The van der Waals surface area contributed by atoms with Gasteiger partial charge in [0.1, 0.15) is 0 Å². The van der Waals surface area contributed by atoms with Crippen molar-refractivity contribution in [2.75, 3.05) is 6.26 Å². The molecule has 15 heavy (non-hydrogen) atoms. The van der Waals surface area contributed by atoms with Gasteiger partial charge < -0.3 is 5.11 Å². The number of halogens is 1. The standard InChI is InChI=1S/C11H13ClO2S/c1-7(11(13)14)6-8-9(12)4-3-5-10(8)15-2/h3-5,7H,6H2,1-2H3,(H,13,14). The van der Waals surface area contributed by atoms with Gasteiger partial charge in [0, 0.05) is 9.92 Å². The molecule has 0 amide bonds. The maximum Gasteiger partial charge on any atom is 0.306 e. The second-order valence-electron chi connectivity index (χ2n) is 3.36. The average molecular weight is 245 g/mol. The summed E-state index contributed by atoms with van der Waals surface area (Å²) in [6, 6.07) is 5.63. The Morgan fingerprint density at radius 1 is 1.60 bits per heavy atom. The topological polar surface area (TPSA) is 37.3 Å². The van der Waals surface area contributed by atoms with E-state index in [1.165, 1.54) is 0 Å². The molecule has 1 atom stereocenters. The molecule has 0 saturated heterocycles. The summed E-state index contributed by atoms with van der Waals surface area (Å²) in [4.78, 5) is 11.8. The SMILES string of the molecule is CSc1cccc(Cl)c1CC(C)C(=O)O. The van der Waals surface area contributed by atoms with E-state index in [0.717, 1.165) is 10.5 Å². The van der Waals surface area contributed by atoms with Crippen LogP contribution in [-0.4, -0.2) is 17.3 Å². The first-order chi connectivity index (χ1) is 7.06. The minimum absolute atomic E-state index is 0.407. The van der Waals surface area contributed by atoms with Crippen LogP contribution in [0.25, 0.3) is 0 Å². The third-order valence-electron chi connectivity index (χ3n) is 2.23. The fourth-order valence-electron chi connectivity index (χ4n) is 1.32. The Bertz CT molecular complexity index is 366. The van der Waals surface area contributed by atoms with E-state index >= 15 is 0 Å². The minimum atomic E-state index is -0.790. The van der Waals surface area contributed by atoms with E-state index in [1.807, 2.05) is 18.4 Å². The largest absolute Gasteiger partial charge is 0.481 e. The molecule has 1 N–H and O–H groups in total. The van der Waals surface area contributed by atoms with Gasteiger partial charge in [-0.3, -0.25) is 4.79 Å². The zero-order valence-electron chi connectivity index (χ0n) is 8.66. The Hall–Kier alpha value is -0.670. The Balaban J connectivity index is 2.97. The molecule has 1 rings (SSSR count). The molecule has 1 unspecified atom stereocenters. The lowest BCUT2D eigenvalue weighted by Gasteiger charge is -2.11. The maximum absolute atomic E-state index is 10.8. The van der Waals surface area contributed by atoms with Crippen molar-refractivity contribution in [1.29, 1.82) is 0 Å². The van der Waals surface area contributed by atoms with Gasteiger partial charge in [0.05, 0.1) is 5.92 Å². The smallest absolute Gasteiger partial charge is 0.306 e. The third kappa shape index (κ3) is 3.14. The molecule has 82 valence electrons. The molecular weight excluding hydrogens is 232 g/mol. The lowest BCUT2D eigenvalue weighted by atomic mass is 10.0. The van der Waals surface area contributed by atoms with Crippen molar-refractivity contribution in [2.45, 2.75) is 18.2 Å². The van der Waals surface area contributed by atoms with Crippen LogP contribution in [0, 0.1) is 5.92 Å². The Morgan fingerprint density at radius 3 is 2.80 bits per heavy atom. The van der Waals surface area contributed by atoms with Crippen molar-refractivity contribution in [3.63, 3.8) is 0 Å². The molecule has 2 nitrogen and oxygen atoms in total. The zero-order chi connectivity index (χ0) is 11.4. The summed E-state index contributed by atoms with van der Waals surface area (Å²) in [5.41, 5.74) is 0.932. The first-order valence-corrected chi connectivity index (χ1v) is 6.20. The Kier molecular flexibility index (Phi) is 4.48. The van der Waals surface area contributed by atoms with Gasteiger partial charge >= 0.3 is 5.97 Å². The first-order valence-electron chi connectivity index (χ1n) is 4.60. The predicted octanol–water partition coefficient (Wildman–Crippen LogP) is 3.33. The van der Waals surface area contributed by atoms with E-state index in [9.17, 15) is 4.79 Å². The summed E-state index contributed by atoms with van der Waals surface area (Å²) in [6.45, 7) is 1.69. The van der Waals surface area contributed by atoms with Crippen LogP contribution < -0.4 is 0 Å². The highest BCUT2D eigenvalue weighted by atomic mass is 35.5. The fraction of sp³-hybridized carbons (Fsp3) is 0.364. The third-order valence-corrected chi connectivity index (χ3v) is 3.40. The fourth-order valence-corrected chi connectivity index (χ4v) is 2.28. The van der Waals surface area contributed by atoms with Gasteiger partial charge in [-0.25, -0.2) is 0 Å². The summed E-state index contributed by atoms with van der Waals surface area (Å²) in [7, 11) is 0. The molecule has 4 heteroatoms. The molecule has 0 aliphatic heterocycles. The lowest BCUT2D eigenvalue weighted by Crippen LogP contribution is -2.13. The van der Waals surface area contributed by atoms with Gasteiger partial charge in [-0.2, -0.15) is 0 Å². The quantitative estimate of drug-likeness (QED) is 0.826. The van der Waals surface area contributed by atoms with E-state index in [0.29, 0.717) is 11.4 Å². The van der Waals surface area contributed by atoms with Gasteiger partial charge in [-0.1, -0.05) is 24.6 Å². The molecule has 0 fully saturated rings. The van der Waals surface area contributed by atoms with E-state index in [-0.39, 0.29) is 0 Å². The van der Waals surface area contributed by atoms with Crippen molar-refractivity contribution >= 4 is 29.3 Å². The Morgan fingerprint density at radius 2 is 2.27 bits per heavy atom. The van der Waals surface area contributed by atoms with Crippen molar-refractivity contribution in [3.05, 3.63) is 28.8 Å². The van der Waals surface area contributed by atoms with Gasteiger partial charge in [0.15, 0.2) is 0 Å². The molecule has 0 aromatic heterocycles. The van der Waals surface area contributed by atoms with Crippen molar-refractivity contribution in [2.24, 2.45) is 5.92 Å². The molecule has 0 aliphatic carbocycles. The maximum atomic E-state index is 10.8. The number of thioether (sulfide) groups is 1. The van der Waals surface area contributed by atoms with Gasteiger partial charge in [-0.15, -0.1) is 11.8 Å². The number of carboxylic acids is 1. The summed E-state index contributed by atoms with van der Waals surface area (Å²) in [5.74, 6) is -1.20. The monoisotopic (exact) mass is 244 g/mol. The number of aliphatic carboxylic acids is 1. The van der Waals surface area contributed by atoms with Gasteiger partial charge in [0.2, 0.25) is 0 Å². The molecule has 0 bridgehead atoms. The minimum Gasteiger partial charge on any atom is -0.481 e. The molecule has 1 aromatic carbocycles. The summed E-state index contributed by atoms with van der Waals surface area (Å²) in [5, 5.41) is 9.50. The van der Waals surface area contributed by atoms with Crippen LogP contribution in [0.4, 0.5) is 0 Å². The predicted molar refractivity (Wildman–Crippen MR) is 63.7 cm³/mol. The molecule has 0 heterocycles. The summed E-state index contributed by atoms with van der Waals surface area (Å²) in [6.07, 6.45) is 2.44. The number of hydrogen-bond acceptors (Lipinski definition) is 2. The number of rotatable bonds is 4. The number of carboxylic acid groups (broad SMARTS) is 1. The molecule has 1 aromatic rings. The van der Waals surface area contributed by atoms with Crippen LogP contribution in [0.3, 0.4) is 0 Å². The number of carbonyl (C=O) groups is 1. The molecular formula is C11H13ClO2S. The van der Waals surface area contributed by atoms with Crippen LogP contribution in [0.1, 0.15) is 12.5 Å². The normalized spacial score (nSPS) is 12.5. The molecule has 0 aliphatic rings. The lowest BCUT2D eigenvalue weighted by molar-refractivity contribution is -0.141. The van der Waals surface area contributed by atoms with Gasteiger partial charge in [0.25, 0.3) is 0 Å². The van der Waals surface area contributed by atoms with Crippen LogP contribution in [-0.2, 0) is 11.2 Å². The average Bonchev–Trinajstić information content (AvgIpc) is 2.20. The molecule has 0 radical (unpaired) electrons. The Labute approximate surface area is 98.6 Å². The van der Waals surface area contributed by atoms with E-state index in [4.69, 9.17) is 16.7 Å². The van der Waals surface area contributed by atoms with Crippen molar-refractivity contribution in [1.82, 2.24) is 0 Å². The van der Waals surface area contributed by atoms with Crippen molar-refractivity contribution < 1.29 is 9.90 Å².